The van der Waals surface area contributed by atoms with Gasteiger partial charge in [0.15, 0.2) is 5.96 Å². The van der Waals surface area contributed by atoms with E-state index in [4.69, 9.17) is 9.47 Å². The standard InChI is InChI=1S/C16H25F2N3O3/c1-19-16(20-8-5-9-23-11-10-22-2)21-12-13-6-3-4-7-14(13)24-15(17)18/h3-4,6-7,15H,5,8-12H2,1-2H3,(H2,19,20,21). The van der Waals surface area contributed by atoms with Gasteiger partial charge in [-0.1, -0.05) is 18.2 Å². The Morgan fingerprint density at radius 2 is 1.96 bits per heavy atom. The Bertz CT molecular complexity index is 487. The molecule has 2 N–H and O–H groups in total. The molecule has 0 aliphatic carbocycles. The minimum atomic E-state index is -2.85. The first-order valence-electron chi connectivity index (χ1n) is 7.71. The van der Waals surface area contributed by atoms with Crippen molar-refractivity contribution in [3.63, 3.8) is 0 Å². The summed E-state index contributed by atoms with van der Waals surface area (Å²) in [6.07, 6.45) is 0.815. The van der Waals surface area contributed by atoms with Crippen LogP contribution in [0.5, 0.6) is 5.75 Å². The largest absolute Gasteiger partial charge is 0.434 e. The molecule has 6 nitrogen and oxygen atoms in total. The lowest BCUT2D eigenvalue weighted by atomic mass is 10.2. The first-order chi connectivity index (χ1) is 11.7. The van der Waals surface area contributed by atoms with Gasteiger partial charge in [0.25, 0.3) is 0 Å². The summed E-state index contributed by atoms with van der Waals surface area (Å²) >= 11 is 0. The van der Waals surface area contributed by atoms with E-state index in [2.05, 4.69) is 20.4 Å². The van der Waals surface area contributed by atoms with Crippen LogP contribution in [0.15, 0.2) is 29.3 Å². The number of methoxy groups -OCH3 is 1. The summed E-state index contributed by atoms with van der Waals surface area (Å²) in [5.41, 5.74) is 0.628. The van der Waals surface area contributed by atoms with Crippen molar-refractivity contribution >= 4 is 5.96 Å². The molecular weight excluding hydrogens is 320 g/mol. The molecular formula is C16H25F2N3O3. The number of nitrogens with zero attached hydrogens (tertiary/aromatic N) is 1. The maximum Gasteiger partial charge on any atom is 0.387 e. The van der Waals surface area contributed by atoms with Crippen LogP contribution in [-0.4, -0.2) is 53.1 Å². The zero-order chi connectivity index (χ0) is 17.6. The molecule has 1 rings (SSSR count). The number of hydrogen-bond acceptors (Lipinski definition) is 4. The monoisotopic (exact) mass is 345 g/mol. The number of ether oxygens (including phenoxy) is 3. The van der Waals surface area contributed by atoms with Crippen molar-refractivity contribution in [1.82, 2.24) is 10.6 Å². The summed E-state index contributed by atoms with van der Waals surface area (Å²) in [4.78, 5) is 4.09. The van der Waals surface area contributed by atoms with Crippen molar-refractivity contribution in [2.75, 3.05) is 40.5 Å². The number of halogens is 2. The first-order valence-corrected chi connectivity index (χ1v) is 7.71. The van der Waals surface area contributed by atoms with Crippen molar-refractivity contribution in [3.8, 4) is 5.75 Å². The van der Waals surface area contributed by atoms with Gasteiger partial charge in [0.2, 0.25) is 0 Å². The Morgan fingerprint density at radius 1 is 1.17 bits per heavy atom. The molecule has 1 aromatic carbocycles. The summed E-state index contributed by atoms with van der Waals surface area (Å²) in [6, 6.07) is 6.65. The summed E-state index contributed by atoms with van der Waals surface area (Å²) in [5.74, 6) is 0.737. The van der Waals surface area contributed by atoms with Gasteiger partial charge in [0.05, 0.1) is 13.2 Å². The van der Waals surface area contributed by atoms with E-state index in [-0.39, 0.29) is 5.75 Å². The third-order valence-corrected chi connectivity index (χ3v) is 3.05. The van der Waals surface area contributed by atoms with Crippen LogP contribution in [0.25, 0.3) is 0 Å². The number of alkyl halides is 2. The highest BCUT2D eigenvalue weighted by molar-refractivity contribution is 5.79. The fourth-order valence-corrected chi connectivity index (χ4v) is 1.89. The van der Waals surface area contributed by atoms with Crippen molar-refractivity contribution in [2.24, 2.45) is 4.99 Å². The quantitative estimate of drug-likeness (QED) is 0.365. The topological polar surface area (TPSA) is 64.1 Å². The van der Waals surface area contributed by atoms with Gasteiger partial charge in [-0.15, -0.1) is 0 Å². The number of rotatable bonds is 11. The molecule has 8 heteroatoms. The number of para-hydroxylation sites is 1. The summed E-state index contributed by atoms with van der Waals surface area (Å²) in [6.45, 7) is -0.0596. The lowest BCUT2D eigenvalue weighted by molar-refractivity contribution is -0.0504. The lowest BCUT2D eigenvalue weighted by Gasteiger charge is -2.14. The molecule has 0 spiro atoms. The molecule has 0 saturated carbocycles. The molecule has 0 aromatic heterocycles. The Labute approximate surface area is 141 Å². The van der Waals surface area contributed by atoms with Gasteiger partial charge >= 0.3 is 6.61 Å². The molecule has 0 amide bonds. The van der Waals surface area contributed by atoms with Gasteiger partial charge < -0.3 is 24.8 Å². The molecule has 0 radical (unpaired) electrons. The highest BCUT2D eigenvalue weighted by atomic mass is 19.3. The maximum atomic E-state index is 12.4. The summed E-state index contributed by atoms with van der Waals surface area (Å²) in [5, 5.41) is 6.19. The lowest BCUT2D eigenvalue weighted by Crippen LogP contribution is -2.37. The number of guanidine groups is 1. The molecule has 0 heterocycles. The third-order valence-electron chi connectivity index (χ3n) is 3.05. The van der Waals surface area contributed by atoms with E-state index >= 15 is 0 Å². The summed E-state index contributed by atoms with van der Waals surface area (Å²) in [7, 11) is 3.27. The first kappa shape index (κ1) is 20.1. The zero-order valence-corrected chi connectivity index (χ0v) is 14.1. The van der Waals surface area contributed by atoms with Crippen molar-refractivity contribution in [2.45, 2.75) is 19.6 Å². The Hall–Kier alpha value is -1.93. The van der Waals surface area contributed by atoms with Crippen LogP contribution in [0.2, 0.25) is 0 Å². The van der Waals surface area contributed by atoms with Gasteiger partial charge in [0, 0.05) is 39.4 Å². The summed E-state index contributed by atoms with van der Waals surface area (Å²) < 4.78 is 39.5. The van der Waals surface area contributed by atoms with Crippen LogP contribution in [0.1, 0.15) is 12.0 Å². The second-order valence-electron chi connectivity index (χ2n) is 4.80. The molecule has 0 saturated heterocycles. The van der Waals surface area contributed by atoms with Gasteiger partial charge in [-0.05, 0) is 12.5 Å². The minimum Gasteiger partial charge on any atom is -0.434 e. The second-order valence-corrected chi connectivity index (χ2v) is 4.80. The fraction of sp³-hybridized carbons (Fsp3) is 0.562. The second kappa shape index (κ2) is 12.5. The zero-order valence-electron chi connectivity index (χ0n) is 14.1. The highest BCUT2D eigenvalue weighted by Crippen LogP contribution is 2.19. The predicted octanol–water partition coefficient (Wildman–Crippen LogP) is 2.01. The number of aliphatic imine (C=N–C) groups is 1. The van der Waals surface area contributed by atoms with Crippen LogP contribution in [-0.2, 0) is 16.0 Å². The normalized spacial score (nSPS) is 11.6. The van der Waals surface area contributed by atoms with Gasteiger partial charge in [-0.2, -0.15) is 8.78 Å². The maximum absolute atomic E-state index is 12.4. The molecule has 136 valence electrons. The number of benzene rings is 1. The molecule has 1 aromatic rings. The van der Waals surface area contributed by atoms with E-state index in [1.54, 1.807) is 32.4 Å². The van der Waals surface area contributed by atoms with Gasteiger partial charge in [0.1, 0.15) is 5.75 Å². The Kier molecular flexibility index (Phi) is 10.5. The Balaban J connectivity index is 2.31. The molecule has 0 unspecified atom stereocenters. The highest BCUT2D eigenvalue weighted by Gasteiger charge is 2.09. The molecule has 0 aliphatic rings. The smallest absolute Gasteiger partial charge is 0.387 e. The fourth-order valence-electron chi connectivity index (χ4n) is 1.89. The van der Waals surface area contributed by atoms with Crippen molar-refractivity contribution in [3.05, 3.63) is 29.8 Å². The average molecular weight is 345 g/mol. The molecule has 24 heavy (non-hydrogen) atoms. The van der Waals surface area contributed by atoms with E-state index in [0.29, 0.717) is 44.4 Å². The van der Waals surface area contributed by atoms with Crippen LogP contribution >= 0.6 is 0 Å². The van der Waals surface area contributed by atoms with Crippen LogP contribution < -0.4 is 15.4 Å². The van der Waals surface area contributed by atoms with E-state index in [1.165, 1.54) is 6.07 Å². The van der Waals surface area contributed by atoms with E-state index in [1.807, 2.05) is 0 Å². The van der Waals surface area contributed by atoms with E-state index in [9.17, 15) is 8.78 Å². The van der Waals surface area contributed by atoms with E-state index in [0.717, 1.165) is 6.42 Å². The average Bonchev–Trinajstić information content (AvgIpc) is 2.57. The molecule has 0 atom stereocenters. The minimum absolute atomic E-state index is 0.155. The Morgan fingerprint density at radius 3 is 2.67 bits per heavy atom. The predicted molar refractivity (Wildman–Crippen MR) is 88.6 cm³/mol. The van der Waals surface area contributed by atoms with Crippen LogP contribution in [0, 0.1) is 0 Å². The number of nitrogens with one attached hydrogen (secondary N) is 2. The SMILES string of the molecule is CN=C(NCCCOCCOC)NCc1ccccc1OC(F)F. The number of hydrogen-bond donors (Lipinski definition) is 2. The molecule has 0 aliphatic heterocycles. The van der Waals surface area contributed by atoms with Gasteiger partial charge in [-0.3, -0.25) is 4.99 Å². The van der Waals surface area contributed by atoms with Gasteiger partial charge in [-0.25, -0.2) is 0 Å². The van der Waals surface area contributed by atoms with Crippen molar-refractivity contribution < 1.29 is 23.0 Å². The molecule has 0 bridgehead atoms. The van der Waals surface area contributed by atoms with Crippen LogP contribution in [0.4, 0.5) is 8.78 Å². The van der Waals surface area contributed by atoms with Crippen LogP contribution in [0.3, 0.4) is 0 Å². The van der Waals surface area contributed by atoms with E-state index < -0.39 is 6.61 Å². The molecule has 0 fully saturated rings. The van der Waals surface area contributed by atoms with Crippen molar-refractivity contribution in [1.29, 1.82) is 0 Å². The third kappa shape index (κ3) is 8.64.